The van der Waals surface area contributed by atoms with Crippen LogP contribution in [0, 0.1) is 6.92 Å². The molecule has 0 atom stereocenters. The Morgan fingerprint density at radius 3 is 2.72 bits per heavy atom. The van der Waals surface area contributed by atoms with Gasteiger partial charge in [-0.25, -0.2) is 9.97 Å². The summed E-state index contributed by atoms with van der Waals surface area (Å²) in [6, 6.07) is 15.7. The molecule has 0 aliphatic rings. The summed E-state index contributed by atoms with van der Waals surface area (Å²) in [4.78, 5) is 20.8. The van der Waals surface area contributed by atoms with Crippen molar-refractivity contribution >= 4 is 34.0 Å². The number of aryl methyl sites for hydroxylation is 1. The number of nitrogens with one attached hydrogen (secondary N) is 1. The number of para-hydroxylation sites is 2. The molecular weight excluding hydrogens is 332 g/mol. The van der Waals surface area contributed by atoms with Crippen LogP contribution in [0.25, 0.3) is 16.7 Å². The Morgan fingerprint density at radius 2 is 1.96 bits per heavy atom. The number of carbonyl (C=O) groups excluding carboxylic acids is 1. The zero-order valence-electron chi connectivity index (χ0n) is 13.6. The zero-order valence-corrected chi connectivity index (χ0v) is 14.5. The standard InChI is InChI=1S/C19H16N4OS/c1-13-21-15(11-25-13)10-19(24)22-14-6-8-16(9-7-14)23-12-20-17-4-2-3-5-18(17)23/h2-9,11-12H,10H2,1H3,(H,22,24). The number of thiazole rings is 1. The Balaban J connectivity index is 1.49. The number of nitrogens with zero attached hydrogens (tertiary/aromatic N) is 3. The summed E-state index contributed by atoms with van der Waals surface area (Å²) in [6.45, 7) is 1.94. The predicted octanol–water partition coefficient (Wildman–Crippen LogP) is 3.97. The molecule has 1 amide bonds. The maximum absolute atomic E-state index is 12.1. The number of rotatable bonds is 4. The van der Waals surface area contributed by atoms with Gasteiger partial charge in [0.05, 0.1) is 28.2 Å². The zero-order chi connectivity index (χ0) is 17.2. The van der Waals surface area contributed by atoms with Crippen molar-refractivity contribution < 1.29 is 4.79 Å². The van der Waals surface area contributed by atoms with Crippen molar-refractivity contribution in [1.29, 1.82) is 0 Å². The summed E-state index contributed by atoms with van der Waals surface area (Å²) in [5, 5.41) is 5.80. The van der Waals surface area contributed by atoms with Crippen LogP contribution in [0.15, 0.2) is 60.2 Å². The first-order valence-electron chi connectivity index (χ1n) is 7.92. The second-order valence-corrected chi connectivity index (χ2v) is 6.80. The first-order chi connectivity index (χ1) is 12.2. The van der Waals surface area contributed by atoms with Crippen LogP contribution >= 0.6 is 11.3 Å². The summed E-state index contributed by atoms with van der Waals surface area (Å²) < 4.78 is 2.03. The van der Waals surface area contributed by atoms with Crippen molar-refractivity contribution in [1.82, 2.24) is 14.5 Å². The highest BCUT2D eigenvalue weighted by Gasteiger charge is 2.08. The Bertz CT molecular complexity index is 1030. The third kappa shape index (κ3) is 3.29. The van der Waals surface area contributed by atoms with E-state index in [-0.39, 0.29) is 12.3 Å². The molecule has 2 aromatic carbocycles. The van der Waals surface area contributed by atoms with E-state index in [0.29, 0.717) is 0 Å². The number of benzene rings is 2. The molecule has 4 rings (SSSR count). The van der Waals surface area contributed by atoms with E-state index in [2.05, 4.69) is 15.3 Å². The van der Waals surface area contributed by atoms with Gasteiger partial charge in [-0.3, -0.25) is 9.36 Å². The van der Waals surface area contributed by atoms with Crippen LogP contribution in [0.5, 0.6) is 0 Å². The summed E-state index contributed by atoms with van der Waals surface area (Å²) in [7, 11) is 0. The molecule has 5 nitrogen and oxygen atoms in total. The molecule has 2 heterocycles. The Labute approximate surface area is 149 Å². The minimum Gasteiger partial charge on any atom is -0.326 e. The number of hydrogen-bond donors (Lipinski definition) is 1. The largest absolute Gasteiger partial charge is 0.326 e. The fourth-order valence-electron chi connectivity index (χ4n) is 2.73. The minimum absolute atomic E-state index is 0.0638. The topological polar surface area (TPSA) is 59.8 Å². The molecule has 6 heteroatoms. The molecule has 124 valence electrons. The molecule has 4 aromatic rings. The number of amides is 1. The van der Waals surface area contributed by atoms with Crippen molar-refractivity contribution in [2.45, 2.75) is 13.3 Å². The lowest BCUT2D eigenvalue weighted by Crippen LogP contribution is -2.14. The monoisotopic (exact) mass is 348 g/mol. The second kappa shape index (κ2) is 6.49. The molecule has 0 spiro atoms. The van der Waals surface area contributed by atoms with E-state index in [1.807, 2.05) is 71.7 Å². The molecule has 2 aromatic heterocycles. The molecule has 1 N–H and O–H groups in total. The third-order valence-electron chi connectivity index (χ3n) is 3.89. The highest BCUT2D eigenvalue weighted by atomic mass is 32.1. The van der Waals surface area contributed by atoms with Gasteiger partial charge in [0.1, 0.15) is 6.33 Å². The number of carbonyl (C=O) groups is 1. The van der Waals surface area contributed by atoms with Crippen molar-refractivity contribution in [3.05, 3.63) is 70.9 Å². The predicted molar refractivity (Wildman–Crippen MR) is 100 cm³/mol. The van der Waals surface area contributed by atoms with Gasteiger partial charge in [0.2, 0.25) is 5.91 Å². The second-order valence-electron chi connectivity index (χ2n) is 5.73. The van der Waals surface area contributed by atoms with Gasteiger partial charge in [-0.1, -0.05) is 12.1 Å². The van der Waals surface area contributed by atoms with Crippen LogP contribution in [0.4, 0.5) is 5.69 Å². The van der Waals surface area contributed by atoms with Crippen LogP contribution in [-0.2, 0) is 11.2 Å². The SMILES string of the molecule is Cc1nc(CC(=O)Nc2ccc(-n3cnc4ccccc43)cc2)cs1. The van der Waals surface area contributed by atoms with E-state index in [4.69, 9.17) is 0 Å². The van der Waals surface area contributed by atoms with Crippen LogP contribution < -0.4 is 5.32 Å². The maximum atomic E-state index is 12.1. The molecule has 0 aliphatic carbocycles. The van der Waals surface area contributed by atoms with Gasteiger partial charge < -0.3 is 5.32 Å². The van der Waals surface area contributed by atoms with Crippen molar-refractivity contribution in [3.63, 3.8) is 0 Å². The molecule has 0 radical (unpaired) electrons. The number of fused-ring (bicyclic) bond motifs is 1. The Hall–Kier alpha value is -2.99. The van der Waals surface area contributed by atoms with Crippen LogP contribution in [0.3, 0.4) is 0 Å². The van der Waals surface area contributed by atoms with E-state index in [1.54, 1.807) is 11.3 Å². The van der Waals surface area contributed by atoms with Crippen LogP contribution in [0.1, 0.15) is 10.7 Å². The van der Waals surface area contributed by atoms with E-state index in [9.17, 15) is 4.79 Å². The summed E-state index contributed by atoms with van der Waals surface area (Å²) in [5.41, 5.74) is 4.59. The smallest absolute Gasteiger partial charge is 0.230 e. The lowest BCUT2D eigenvalue weighted by molar-refractivity contribution is -0.115. The number of aromatic nitrogens is 3. The average molecular weight is 348 g/mol. The summed E-state index contributed by atoms with van der Waals surface area (Å²) in [6.07, 6.45) is 2.10. The van der Waals surface area contributed by atoms with Gasteiger partial charge >= 0.3 is 0 Å². The molecule has 0 unspecified atom stereocenters. The number of hydrogen-bond acceptors (Lipinski definition) is 4. The first kappa shape index (κ1) is 15.5. The molecule has 25 heavy (non-hydrogen) atoms. The van der Waals surface area contributed by atoms with E-state index < -0.39 is 0 Å². The summed E-state index contributed by atoms with van der Waals surface area (Å²) >= 11 is 1.55. The van der Waals surface area contributed by atoms with Crippen molar-refractivity contribution in [3.8, 4) is 5.69 Å². The lowest BCUT2D eigenvalue weighted by Gasteiger charge is -2.07. The minimum atomic E-state index is -0.0638. The van der Waals surface area contributed by atoms with Gasteiger partial charge in [0, 0.05) is 16.8 Å². The Kier molecular flexibility index (Phi) is 4.03. The van der Waals surface area contributed by atoms with Gasteiger partial charge in [-0.15, -0.1) is 11.3 Å². The van der Waals surface area contributed by atoms with Crippen LogP contribution in [0.2, 0.25) is 0 Å². The Morgan fingerprint density at radius 1 is 1.16 bits per heavy atom. The molecule has 0 aliphatic heterocycles. The fourth-order valence-corrected chi connectivity index (χ4v) is 3.34. The van der Waals surface area contributed by atoms with Gasteiger partial charge in [-0.05, 0) is 43.3 Å². The maximum Gasteiger partial charge on any atom is 0.230 e. The first-order valence-corrected chi connectivity index (χ1v) is 8.80. The molecule has 0 saturated heterocycles. The fraction of sp³-hybridized carbons (Fsp3) is 0.105. The molecule has 0 saturated carbocycles. The highest BCUT2D eigenvalue weighted by molar-refractivity contribution is 7.09. The van der Waals surface area contributed by atoms with Gasteiger partial charge in [0.15, 0.2) is 0 Å². The molecule has 0 fully saturated rings. The van der Waals surface area contributed by atoms with Crippen LogP contribution in [-0.4, -0.2) is 20.4 Å². The lowest BCUT2D eigenvalue weighted by atomic mass is 10.2. The molecular formula is C19H16N4OS. The molecule has 0 bridgehead atoms. The van der Waals surface area contributed by atoms with Crippen molar-refractivity contribution in [2.75, 3.05) is 5.32 Å². The van der Waals surface area contributed by atoms with E-state index >= 15 is 0 Å². The van der Waals surface area contributed by atoms with E-state index in [1.165, 1.54) is 0 Å². The number of anilines is 1. The van der Waals surface area contributed by atoms with E-state index in [0.717, 1.165) is 33.1 Å². The van der Waals surface area contributed by atoms with Gasteiger partial charge in [-0.2, -0.15) is 0 Å². The quantitative estimate of drug-likeness (QED) is 0.607. The summed E-state index contributed by atoms with van der Waals surface area (Å²) in [5.74, 6) is -0.0638. The normalized spacial score (nSPS) is 10.9. The average Bonchev–Trinajstić information content (AvgIpc) is 3.22. The number of imidazole rings is 1. The van der Waals surface area contributed by atoms with Gasteiger partial charge in [0.25, 0.3) is 0 Å². The third-order valence-corrected chi connectivity index (χ3v) is 4.71. The highest BCUT2D eigenvalue weighted by Crippen LogP contribution is 2.19. The van der Waals surface area contributed by atoms with Crippen molar-refractivity contribution in [2.24, 2.45) is 0 Å².